The lowest BCUT2D eigenvalue weighted by Crippen LogP contribution is -2.51. The van der Waals surface area contributed by atoms with Crippen LogP contribution in [0.1, 0.15) is 33.1 Å². The van der Waals surface area contributed by atoms with Crippen molar-refractivity contribution in [1.82, 2.24) is 5.32 Å². The topological polar surface area (TPSA) is 12.0 Å². The largest absolute Gasteiger partial charge is 0.311 e. The predicted molar refractivity (Wildman–Crippen MR) is 42.9 cm³/mol. The van der Waals surface area contributed by atoms with E-state index in [1.165, 1.54) is 19.3 Å². The van der Waals surface area contributed by atoms with Crippen LogP contribution >= 0.6 is 0 Å². The van der Waals surface area contributed by atoms with Gasteiger partial charge in [-0.1, -0.05) is 13.3 Å². The van der Waals surface area contributed by atoms with Crippen molar-refractivity contribution in [2.45, 2.75) is 45.2 Å². The Morgan fingerprint density at radius 1 is 1.40 bits per heavy atom. The summed E-state index contributed by atoms with van der Waals surface area (Å²) in [5.41, 5.74) is 0. The zero-order chi connectivity index (χ0) is 7.14. The van der Waals surface area contributed by atoms with Gasteiger partial charge >= 0.3 is 0 Å². The second-order valence-corrected chi connectivity index (χ2v) is 3.98. The highest BCUT2D eigenvalue weighted by atomic mass is 15.0. The Hall–Kier alpha value is -0.0400. The average Bonchev–Trinajstić information content (AvgIpc) is 2.59. The fraction of sp³-hybridized carbons (Fsp3) is 1.00. The van der Waals surface area contributed by atoms with Crippen molar-refractivity contribution in [1.29, 1.82) is 0 Å². The minimum Gasteiger partial charge on any atom is -0.311 e. The van der Waals surface area contributed by atoms with Gasteiger partial charge in [0, 0.05) is 12.1 Å². The summed E-state index contributed by atoms with van der Waals surface area (Å²) in [6, 6.07) is 1.71. The molecule has 1 N–H and O–H groups in total. The second kappa shape index (κ2) is 2.23. The standard InChI is InChI=1S/C9H17N/c1-3-7-5-8(7)9-4-6(2)10-9/h6-10H,3-5H2,1-2H3. The second-order valence-electron chi connectivity index (χ2n) is 3.98. The molecule has 0 radical (unpaired) electrons. The molecule has 10 heavy (non-hydrogen) atoms. The van der Waals surface area contributed by atoms with Gasteiger partial charge in [-0.2, -0.15) is 0 Å². The monoisotopic (exact) mass is 139 g/mol. The lowest BCUT2D eigenvalue weighted by Gasteiger charge is -2.35. The first-order chi connectivity index (χ1) is 4.81. The maximum atomic E-state index is 3.57. The molecule has 0 amide bonds. The molecule has 0 spiro atoms. The summed E-state index contributed by atoms with van der Waals surface area (Å²) < 4.78 is 0. The number of rotatable bonds is 2. The summed E-state index contributed by atoms with van der Waals surface area (Å²) in [4.78, 5) is 0. The summed E-state index contributed by atoms with van der Waals surface area (Å²) in [6.45, 7) is 4.59. The summed E-state index contributed by atoms with van der Waals surface area (Å²) in [6.07, 6.45) is 4.33. The normalized spacial score (nSPS) is 52.2. The molecule has 0 bridgehead atoms. The third-order valence-corrected chi connectivity index (χ3v) is 3.12. The molecule has 1 nitrogen and oxygen atoms in total. The van der Waals surface area contributed by atoms with E-state index in [4.69, 9.17) is 0 Å². The van der Waals surface area contributed by atoms with Crippen LogP contribution in [-0.2, 0) is 0 Å². The van der Waals surface area contributed by atoms with Crippen LogP contribution in [0.4, 0.5) is 0 Å². The minimum absolute atomic E-state index is 0.808. The van der Waals surface area contributed by atoms with Crippen molar-refractivity contribution in [3.8, 4) is 0 Å². The summed E-state index contributed by atoms with van der Waals surface area (Å²) in [5.74, 6) is 2.13. The van der Waals surface area contributed by atoms with Gasteiger partial charge < -0.3 is 5.32 Å². The highest BCUT2D eigenvalue weighted by Crippen LogP contribution is 2.46. The van der Waals surface area contributed by atoms with Crippen LogP contribution in [0.2, 0.25) is 0 Å². The van der Waals surface area contributed by atoms with E-state index in [1.54, 1.807) is 0 Å². The van der Waals surface area contributed by atoms with Gasteiger partial charge in [0.25, 0.3) is 0 Å². The number of hydrogen-bond donors (Lipinski definition) is 1. The molecular weight excluding hydrogens is 122 g/mol. The fourth-order valence-electron chi connectivity index (χ4n) is 2.25. The molecule has 58 valence electrons. The Morgan fingerprint density at radius 2 is 2.10 bits per heavy atom. The lowest BCUT2D eigenvalue weighted by atomic mass is 9.93. The minimum atomic E-state index is 0.808. The highest BCUT2D eigenvalue weighted by Gasteiger charge is 2.45. The molecular formula is C9H17N. The molecule has 1 aliphatic carbocycles. The van der Waals surface area contributed by atoms with Crippen molar-refractivity contribution >= 4 is 0 Å². The Kier molecular flexibility index (Phi) is 1.48. The molecule has 2 aliphatic rings. The van der Waals surface area contributed by atoms with Crippen molar-refractivity contribution in [3.63, 3.8) is 0 Å². The first kappa shape index (κ1) is 6.66. The van der Waals surface area contributed by atoms with Crippen LogP contribution in [-0.4, -0.2) is 12.1 Å². The van der Waals surface area contributed by atoms with Gasteiger partial charge in [0.15, 0.2) is 0 Å². The van der Waals surface area contributed by atoms with Crippen molar-refractivity contribution in [2.24, 2.45) is 11.8 Å². The van der Waals surface area contributed by atoms with E-state index in [9.17, 15) is 0 Å². The van der Waals surface area contributed by atoms with Crippen molar-refractivity contribution in [2.75, 3.05) is 0 Å². The van der Waals surface area contributed by atoms with Crippen LogP contribution in [0, 0.1) is 11.8 Å². The maximum absolute atomic E-state index is 3.57. The quantitative estimate of drug-likeness (QED) is 0.615. The van der Waals surface area contributed by atoms with E-state index in [2.05, 4.69) is 19.2 Å². The third-order valence-electron chi connectivity index (χ3n) is 3.12. The first-order valence-corrected chi connectivity index (χ1v) is 4.57. The Bertz CT molecular complexity index is 127. The van der Waals surface area contributed by atoms with Gasteiger partial charge in [0.05, 0.1) is 0 Å². The zero-order valence-corrected chi connectivity index (χ0v) is 6.93. The van der Waals surface area contributed by atoms with Crippen LogP contribution in [0.5, 0.6) is 0 Å². The molecule has 4 atom stereocenters. The van der Waals surface area contributed by atoms with Crippen LogP contribution in [0.25, 0.3) is 0 Å². The van der Waals surface area contributed by atoms with Gasteiger partial charge in [-0.25, -0.2) is 0 Å². The van der Waals surface area contributed by atoms with Gasteiger partial charge in [-0.05, 0) is 31.6 Å². The molecule has 0 aromatic carbocycles. The summed E-state index contributed by atoms with van der Waals surface area (Å²) in [5, 5.41) is 3.57. The van der Waals surface area contributed by atoms with E-state index >= 15 is 0 Å². The number of nitrogens with one attached hydrogen (secondary N) is 1. The number of hydrogen-bond acceptors (Lipinski definition) is 1. The van der Waals surface area contributed by atoms with Gasteiger partial charge in [-0.3, -0.25) is 0 Å². The molecule has 1 aliphatic heterocycles. The first-order valence-electron chi connectivity index (χ1n) is 4.57. The molecule has 1 saturated heterocycles. The molecule has 1 saturated carbocycles. The Morgan fingerprint density at radius 3 is 2.50 bits per heavy atom. The smallest absolute Gasteiger partial charge is 0.0115 e. The molecule has 2 rings (SSSR count). The van der Waals surface area contributed by atoms with Crippen LogP contribution in [0.15, 0.2) is 0 Å². The van der Waals surface area contributed by atoms with Crippen molar-refractivity contribution in [3.05, 3.63) is 0 Å². The molecule has 1 heterocycles. The van der Waals surface area contributed by atoms with E-state index in [1.807, 2.05) is 0 Å². The van der Waals surface area contributed by atoms with Crippen LogP contribution < -0.4 is 5.32 Å². The molecule has 2 fully saturated rings. The summed E-state index contributed by atoms with van der Waals surface area (Å²) in [7, 11) is 0. The van der Waals surface area contributed by atoms with E-state index < -0.39 is 0 Å². The fourth-order valence-corrected chi connectivity index (χ4v) is 2.25. The van der Waals surface area contributed by atoms with Crippen molar-refractivity contribution < 1.29 is 0 Å². The molecule has 4 unspecified atom stereocenters. The maximum Gasteiger partial charge on any atom is 0.0115 e. The van der Waals surface area contributed by atoms with E-state index in [0.29, 0.717) is 0 Å². The molecule has 0 aromatic heterocycles. The highest BCUT2D eigenvalue weighted by molar-refractivity contribution is 5.00. The Labute approximate surface area is 63.2 Å². The van der Waals surface area contributed by atoms with Crippen LogP contribution in [0.3, 0.4) is 0 Å². The summed E-state index contributed by atoms with van der Waals surface area (Å²) >= 11 is 0. The van der Waals surface area contributed by atoms with E-state index in [0.717, 1.165) is 23.9 Å². The average molecular weight is 139 g/mol. The SMILES string of the molecule is CCC1CC1C1CC(C)N1. The molecule has 1 heteroatoms. The lowest BCUT2D eigenvalue weighted by molar-refractivity contribution is 0.245. The van der Waals surface area contributed by atoms with Gasteiger partial charge in [0.1, 0.15) is 0 Å². The van der Waals surface area contributed by atoms with Gasteiger partial charge in [0.2, 0.25) is 0 Å². The Balaban J connectivity index is 1.73. The molecule has 0 aromatic rings. The van der Waals surface area contributed by atoms with Gasteiger partial charge in [-0.15, -0.1) is 0 Å². The third kappa shape index (κ3) is 0.968. The predicted octanol–water partition coefficient (Wildman–Crippen LogP) is 1.78. The van der Waals surface area contributed by atoms with E-state index in [-0.39, 0.29) is 0 Å². The zero-order valence-electron chi connectivity index (χ0n) is 6.93.